The molecule has 1 fully saturated rings. The maximum absolute atomic E-state index is 12.8. The Morgan fingerprint density at radius 1 is 1.10 bits per heavy atom. The third kappa shape index (κ3) is 6.67. The highest BCUT2D eigenvalue weighted by molar-refractivity contribution is 7.89. The van der Waals surface area contributed by atoms with Crippen molar-refractivity contribution in [2.75, 3.05) is 49.9 Å². The van der Waals surface area contributed by atoms with Crippen LogP contribution in [0.4, 0.5) is 5.82 Å². The largest absolute Gasteiger partial charge is 0.357 e. The van der Waals surface area contributed by atoms with Crippen LogP contribution in [0.1, 0.15) is 25.5 Å². The third-order valence-corrected chi connectivity index (χ3v) is 7.07. The number of rotatable bonds is 8. The highest BCUT2D eigenvalue weighted by Gasteiger charge is 2.27. The number of sulfonamides is 1. The lowest BCUT2D eigenvalue weighted by Crippen LogP contribution is -2.49. The monoisotopic (exact) mass is 444 g/mol. The summed E-state index contributed by atoms with van der Waals surface area (Å²) in [6.45, 7) is 7.16. The lowest BCUT2D eigenvalue weighted by Gasteiger charge is -2.34. The first kappa shape index (κ1) is 23.0. The normalized spacial score (nSPS) is 16.7. The van der Waals surface area contributed by atoms with Gasteiger partial charge in [-0.05, 0) is 31.5 Å². The lowest BCUT2D eigenvalue weighted by molar-refractivity contribution is 0.384. The summed E-state index contributed by atoms with van der Waals surface area (Å²) < 4.78 is 27.2. The molecule has 0 saturated carbocycles. The van der Waals surface area contributed by atoms with Gasteiger partial charge in [-0.25, -0.2) is 13.4 Å². The third-order valence-electron chi connectivity index (χ3n) is 5.22. The van der Waals surface area contributed by atoms with Crippen molar-refractivity contribution in [3.63, 3.8) is 0 Å². The van der Waals surface area contributed by atoms with Gasteiger partial charge in [0.15, 0.2) is 5.96 Å². The second kappa shape index (κ2) is 11.1. The summed E-state index contributed by atoms with van der Waals surface area (Å²) in [6.07, 6.45) is 1.76. The highest BCUT2D eigenvalue weighted by atomic mass is 32.2. The van der Waals surface area contributed by atoms with Gasteiger partial charge in [0.2, 0.25) is 10.0 Å². The Labute approximate surface area is 185 Å². The number of nitrogens with zero attached hydrogens (tertiary/aromatic N) is 4. The molecule has 8 nitrogen and oxygen atoms in total. The average Bonchev–Trinajstić information content (AvgIpc) is 2.80. The average molecular weight is 445 g/mol. The Kier molecular flexibility index (Phi) is 8.25. The second-order valence-electron chi connectivity index (χ2n) is 7.43. The first-order valence-corrected chi connectivity index (χ1v) is 12.3. The molecule has 0 radical (unpaired) electrons. The van der Waals surface area contributed by atoms with Crippen molar-refractivity contribution in [3.05, 3.63) is 60.3 Å². The smallest absolute Gasteiger partial charge is 0.216 e. The Bertz CT molecular complexity index is 929. The predicted molar refractivity (Wildman–Crippen MR) is 126 cm³/mol. The number of guanidine groups is 1. The van der Waals surface area contributed by atoms with E-state index in [2.05, 4.69) is 44.6 Å². The zero-order valence-electron chi connectivity index (χ0n) is 18.2. The molecule has 2 aromatic rings. The number of aliphatic imine (C=N–C) groups is 1. The van der Waals surface area contributed by atoms with Gasteiger partial charge in [0.25, 0.3) is 0 Å². The Hall–Kier alpha value is -2.65. The van der Waals surface area contributed by atoms with Gasteiger partial charge in [0, 0.05) is 38.9 Å². The first-order valence-electron chi connectivity index (χ1n) is 10.7. The molecule has 31 heavy (non-hydrogen) atoms. The van der Waals surface area contributed by atoms with Crippen molar-refractivity contribution in [1.82, 2.24) is 19.9 Å². The van der Waals surface area contributed by atoms with Crippen LogP contribution in [0.15, 0.2) is 59.7 Å². The molecular weight excluding hydrogens is 412 g/mol. The number of nitrogens with one attached hydrogen (secondary N) is 2. The molecule has 3 rings (SSSR count). The molecule has 0 aliphatic carbocycles. The predicted octanol–water partition coefficient (Wildman–Crippen LogP) is 1.85. The highest BCUT2D eigenvalue weighted by Crippen LogP contribution is 2.15. The van der Waals surface area contributed by atoms with Crippen molar-refractivity contribution in [2.24, 2.45) is 4.99 Å². The van der Waals surface area contributed by atoms with Gasteiger partial charge < -0.3 is 15.5 Å². The van der Waals surface area contributed by atoms with Gasteiger partial charge in [-0.1, -0.05) is 36.4 Å². The van der Waals surface area contributed by atoms with Crippen molar-refractivity contribution in [2.45, 2.75) is 19.9 Å². The van der Waals surface area contributed by atoms with Gasteiger partial charge in [0.05, 0.1) is 18.3 Å². The van der Waals surface area contributed by atoms with E-state index in [0.29, 0.717) is 38.7 Å². The topological polar surface area (TPSA) is 89.9 Å². The van der Waals surface area contributed by atoms with E-state index in [4.69, 9.17) is 0 Å². The number of benzene rings is 1. The SMILES string of the molecule is CCNC(=NCCS(=O)(=O)N1CCN(c2ccccn2)CC1)NC(C)c1ccccc1. The molecule has 1 aliphatic heterocycles. The molecule has 1 saturated heterocycles. The molecule has 2 heterocycles. The first-order chi connectivity index (χ1) is 15.0. The molecule has 1 aromatic carbocycles. The van der Waals surface area contributed by atoms with Crippen LogP contribution in [-0.4, -0.2) is 68.7 Å². The van der Waals surface area contributed by atoms with Crippen LogP contribution >= 0.6 is 0 Å². The Morgan fingerprint density at radius 2 is 1.81 bits per heavy atom. The van der Waals surface area contributed by atoms with Crippen LogP contribution < -0.4 is 15.5 Å². The minimum Gasteiger partial charge on any atom is -0.357 e. The quantitative estimate of drug-likeness (QED) is 0.477. The summed E-state index contributed by atoms with van der Waals surface area (Å²) in [5.41, 5.74) is 1.14. The van der Waals surface area contributed by atoms with Gasteiger partial charge >= 0.3 is 0 Å². The van der Waals surface area contributed by atoms with Crippen molar-refractivity contribution >= 4 is 21.8 Å². The van der Waals surface area contributed by atoms with Crippen LogP contribution in [0, 0.1) is 0 Å². The minimum atomic E-state index is -3.36. The van der Waals surface area contributed by atoms with E-state index in [1.54, 1.807) is 10.5 Å². The van der Waals surface area contributed by atoms with Crippen molar-refractivity contribution in [3.8, 4) is 0 Å². The fraction of sp³-hybridized carbons (Fsp3) is 0.455. The van der Waals surface area contributed by atoms with Gasteiger partial charge in [-0.3, -0.25) is 4.99 Å². The van der Waals surface area contributed by atoms with E-state index in [1.165, 1.54) is 0 Å². The molecule has 168 valence electrons. The van der Waals surface area contributed by atoms with E-state index in [-0.39, 0.29) is 18.3 Å². The van der Waals surface area contributed by atoms with E-state index in [1.807, 2.05) is 43.3 Å². The van der Waals surface area contributed by atoms with Gasteiger partial charge in [-0.2, -0.15) is 4.31 Å². The minimum absolute atomic E-state index is 0.00706. The van der Waals surface area contributed by atoms with E-state index < -0.39 is 10.0 Å². The zero-order valence-corrected chi connectivity index (χ0v) is 19.1. The second-order valence-corrected chi connectivity index (χ2v) is 9.52. The summed E-state index contributed by atoms with van der Waals surface area (Å²) in [7, 11) is -3.36. The Balaban J connectivity index is 1.52. The van der Waals surface area contributed by atoms with Crippen molar-refractivity contribution < 1.29 is 8.42 Å². The zero-order chi connectivity index (χ0) is 22.1. The summed E-state index contributed by atoms with van der Waals surface area (Å²) in [5, 5.41) is 6.53. The molecule has 1 aromatic heterocycles. The van der Waals surface area contributed by atoms with Crippen LogP contribution in [0.5, 0.6) is 0 Å². The summed E-state index contributed by atoms with van der Waals surface area (Å²) >= 11 is 0. The van der Waals surface area contributed by atoms with Crippen LogP contribution in [0.2, 0.25) is 0 Å². The summed E-state index contributed by atoms with van der Waals surface area (Å²) in [5.74, 6) is 1.50. The van der Waals surface area contributed by atoms with E-state index >= 15 is 0 Å². The van der Waals surface area contributed by atoms with Crippen molar-refractivity contribution in [1.29, 1.82) is 0 Å². The number of pyridine rings is 1. The van der Waals surface area contributed by atoms with E-state index in [9.17, 15) is 8.42 Å². The number of hydrogen-bond acceptors (Lipinski definition) is 5. The summed E-state index contributed by atoms with van der Waals surface area (Å²) in [4.78, 5) is 11.0. The Morgan fingerprint density at radius 3 is 2.45 bits per heavy atom. The van der Waals surface area contributed by atoms with Gasteiger partial charge in [0.1, 0.15) is 5.82 Å². The fourth-order valence-corrected chi connectivity index (χ4v) is 4.79. The molecule has 1 unspecified atom stereocenters. The number of hydrogen-bond donors (Lipinski definition) is 2. The van der Waals surface area contributed by atoms with Crippen LogP contribution in [-0.2, 0) is 10.0 Å². The number of piperazine rings is 1. The number of aromatic nitrogens is 1. The maximum atomic E-state index is 12.8. The van der Waals surface area contributed by atoms with E-state index in [0.717, 1.165) is 11.4 Å². The molecule has 0 amide bonds. The van der Waals surface area contributed by atoms with Gasteiger partial charge in [-0.15, -0.1) is 0 Å². The molecule has 9 heteroatoms. The molecule has 0 bridgehead atoms. The maximum Gasteiger partial charge on any atom is 0.216 e. The van der Waals surface area contributed by atoms with Crippen LogP contribution in [0.3, 0.4) is 0 Å². The molecule has 0 spiro atoms. The molecule has 2 N–H and O–H groups in total. The fourth-order valence-electron chi connectivity index (χ4n) is 3.49. The molecule has 1 atom stereocenters. The summed E-state index contributed by atoms with van der Waals surface area (Å²) in [6, 6.07) is 15.9. The number of anilines is 1. The standard InChI is InChI=1S/C22H32N6O2S/c1-3-23-22(26-19(2)20-9-5-4-6-10-20)25-13-18-31(29,30)28-16-14-27(15-17-28)21-11-7-8-12-24-21/h4-12,19H,3,13-18H2,1-2H3,(H2,23,25,26). The molecular formula is C22H32N6O2S. The molecule has 1 aliphatic rings. The van der Waals surface area contributed by atoms with Crippen LogP contribution in [0.25, 0.3) is 0 Å². The lowest BCUT2D eigenvalue weighted by atomic mass is 10.1.